The van der Waals surface area contributed by atoms with Crippen molar-refractivity contribution in [2.24, 2.45) is 0 Å². The molecule has 1 amide bonds. The first-order chi connectivity index (χ1) is 16.7. The van der Waals surface area contributed by atoms with E-state index in [9.17, 15) is 13.2 Å². The van der Waals surface area contributed by atoms with Crippen molar-refractivity contribution in [2.75, 3.05) is 42.5 Å². The van der Waals surface area contributed by atoms with Crippen molar-refractivity contribution in [1.82, 2.24) is 4.31 Å². The number of fused-ring (bicyclic) bond motifs is 1. The Kier molecular flexibility index (Phi) is 6.72. The molecule has 2 aliphatic heterocycles. The van der Waals surface area contributed by atoms with E-state index in [2.05, 4.69) is 4.90 Å². The molecule has 3 aromatic rings. The molecule has 0 N–H and O–H groups in total. The van der Waals surface area contributed by atoms with Gasteiger partial charge in [-0.1, -0.05) is 40.9 Å². The van der Waals surface area contributed by atoms with Gasteiger partial charge in [-0.15, -0.1) is 0 Å². The van der Waals surface area contributed by atoms with Crippen LogP contribution < -0.4 is 9.80 Å². The molecule has 0 aromatic heterocycles. The lowest BCUT2D eigenvalue weighted by atomic mass is 10.1. The summed E-state index contributed by atoms with van der Waals surface area (Å²) in [5, 5.41) is 1.43. The van der Waals surface area contributed by atoms with Gasteiger partial charge in [0.1, 0.15) is 0 Å². The van der Waals surface area contributed by atoms with Crippen molar-refractivity contribution in [1.29, 1.82) is 0 Å². The van der Waals surface area contributed by atoms with Gasteiger partial charge in [0.2, 0.25) is 10.0 Å². The molecule has 35 heavy (non-hydrogen) atoms. The molecule has 0 saturated carbocycles. The topological polar surface area (TPSA) is 60.9 Å². The summed E-state index contributed by atoms with van der Waals surface area (Å²) < 4.78 is 28.3. The molecule has 182 valence electrons. The van der Waals surface area contributed by atoms with Crippen molar-refractivity contribution in [3.8, 4) is 0 Å². The molecule has 0 bridgehead atoms. The molecule has 6 nitrogen and oxygen atoms in total. The highest BCUT2D eigenvalue weighted by Gasteiger charge is 2.32. The van der Waals surface area contributed by atoms with E-state index in [1.807, 2.05) is 24.3 Å². The predicted octanol–water partition coefficient (Wildman–Crippen LogP) is 5.36. The Morgan fingerprint density at radius 1 is 0.771 bits per heavy atom. The summed E-state index contributed by atoms with van der Waals surface area (Å²) in [5.41, 5.74) is 2.91. The van der Waals surface area contributed by atoms with Crippen molar-refractivity contribution in [2.45, 2.75) is 11.3 Å². The number of hydrogen-bond donors (Lipinski definition) is 0. The van der Waals surface area contributed by atoms with Gasteiger partial charge in [-0.25, -0.2) is 8.42 Å². The van der Waals surface area contributed by atoms with E-state index in [1.165, 1.54) is 4.31 Å². The van der Waals surface area contributed by atoms with Crippen LogP contribution in [0.15, 0.2) is 65.6 Å². The maximum atomic E-state index is 13.4. The number of hydrogen-bond acceptors (Lipinski definition) is 4. The molecule has 0 aliphatic carbocycles. The minimum absolute atomic E-state index is 0.221. The number of rotatable bonds is 4. The lowest BCUT2D eigenvalue weighted by molar-refractivity contribution is 0.0989. The normalized spacial score (nSPS) is 16.4. The van der Waals surface area contributed by atoms with Gasteiger partial charge in [-0.05, 0) is 66.6 Å². The number of carbonyl (C=O) groups excluding carboxylic acids is 1. The Bertz CT molecular complexity index is 1390. The zero-order chi connectivity index (χ0) is 24.7. The van der Waals surface area contributed by atoms with Crippen molar-refractivity contribution >= 4 is 62.1 Å². The predicted molar refractivity (Wildman–Crippen MR) is 141 cm³/mol. The van der Waals surface area contributed by atoms with Crippen LogP contribution >= 0.6 is 34.8 Å². The van der Waals surface area contributed by atoms with Crippen molar-refractivity contribution in [3.05, 3.63) is 86.9 Å². The fourth-order valence-electron chi connectivity index (χ4n) is 4.59. The maximum absolute atomic E-state index is 13.4. The van der Waals surface area contributed by atoms with Crippen molar-refractivity contribution in [3.63, 3.8) is 0 Å². The number of piperazine rings is 1. The number of nitrogens with zero attached hydrogens (tertiary/aromatic N) is 3. The fourth-order valence-corrected chi connectivity index (χ4v) is 6.78. The first-order valence-electron chi connectivity index (χ1n) is 11.1. The summed E-state index contributed by atoms with van der Waals surface area (Å²) >= 11 is 18.2. The molecule has 0 radical (unpaired) electrons. The monoisotopic (exact) mass is 549 g/mol. The number of carbonyl (C=O) groups is 1. The molecular formula is C25H22Cl3N3O3S. The maximum Gasteiger partial charge on any atom is 0.258 e. The summed E-state index contributed by atoms with van der Waals surface area (Å²) in [7, 11) is -3.66. The summed E-state index contributed by atoms with van der Waals surface area (Å²) in [6.07, 6.45) is 0.571. The summed E-state index contributed by atoms with van der Waals surface area (Å²) in [4.78, 5) is 17.1. The van der Waals surface area contributed by atoms with Crippen LogP contribution in [0, 0.1) is 0 Å². The average Bonchev–Trinajstić information content (AvgIpc) is 3.26. The molecule has 2 heterocycles. The molecule has 5 rings (SSSR count). The van der Waals surface area contributed by atoms with Crippen molar-refractivity contribution < 1.29 is 13.2 Å². The lowest BCUT2D eigenvalue weighted by Gasteiger charge is -2.35. The third-order valence-corrected chi connectivity index (χ3v) is 8.92. The van der Waals surface area contributed by atoms with E-state index in [0.717, 1.165) is 11.3 Å². The number of amides is 1. The molecule has 3 aromatic carbocycles. The Balaban J connectivity index is 1.32. The quantitative estimate of drug-likeness (QED) is 0.439. The number of halogens is 3. The van der Waals surface area contributed by atoms with Gasteiger partial charge in [0.15, 0.2) is 0 Å². The highest BCUT2D eigenvalue weighted by atomic mass is 35.5. The second-order valence-corrected chi connectivity index (χ2v) is 11.8. The third-order valence-electron chi connectivity index (χ3n) is 6.35. The Labute approximate surface area is 219 Å². The Morgan fingerprint density at radius 2 is 1.49 bits per heavy atom. The van der Waals surface area contributed by atoms with E-state index in [1.54, 1.807) is 41.3 Å². The van der Waals surface area contributed by atoms with Crippen LogP contribution in [0.25, 0.3) is 0 Å². The highest BCUT2D eigenvalue weighted by molar-refractivity contribution is 7.89. The minimum atomic E-state index is -3.66. The average molecular weight is 551 g/mol. The minimum Gasteiger partial charge on any atom is -0.369 e. The molecule has 1 saturated heterocycles. The van der Waals surface area contributed by atoms with Gasteiger partial charge in [0.05, 0.1) is 4.90 Å². The Morgan fingerprint density at radius 3 is 2.17 bits per heavy atom. The fraction of sp³-hybridized carbons (Fsp3) is 0.240. The molecule has 0 unspecified atom stereocenters. The summed E-state index contributed by atoms with van der Waals surface area (Å²) in [6.45, 7) is 2.38. The van der Waals surface area contributed by atoms with Gasteiger partial charge < -0.3 is 9.80 Å². The SMILES string of the molecule is O=C(c1cc(Cl)cc(Cl)c1)N1CCc2cc(S(=O)(=O)N3CCN(c4cccc(Cl)c4)CC3)ccc21. The van der Waals surface area contributed by atoms with Gasteiger partial charge in [0.25, 0.3) is 5.91 Å². The molecule has 0 spiro atoms. The standard InChI is InChI=1S/C25H22Cl3N3O3S/c26-19-2-1-3-22(16-19)29-8-10-30(11-9-29)35(33,34)23-4-5-24-17(14-23)6-7-31(24)25(32)18-12-20(27)15-21(28)13-18/h1-5,12-16H,6-11H2. The zero-order valence-electron chi connectivity index (χ0n) is 18.6. The van der Waals surface area contributed by atoms with Gasteiger partial charge >= 0.3 is 0 Å². The molecule has 10 heteroatoms. The number of anilines is 2. The largest absolute Gasteiger partial charge is 0.369 e. The number of sulfonamides is 1. The second kappa shape index (κ2) is 9.64. The first-order valence-corrected chi connectivity index (χ1v) is 13.7. The van der Waals surface area contributed by atoms with Crippen LogP contribution in [0.5, 0.6) is 0 Å². The molecular weight excluding hydrogens is 529 g/mol. The zero-order valence-corrected chi connectivity index (χ0v) is 21.7. The van der Waals surface area contributed by atoms with Crippen LogP contribution in [0.4, 0.5) is 11.4 Å². The third kappa shape index (κ3) is 4.88. The second-order valence-electron chi connectivity index (χ2n) is 8.53. The van der Waals surface area contributed by atoms with Crippen LogP contribution in [-0.4, -0.2) is 51.4 Å². The molecule has 2 aliphatic rings. The van der Waals surface area contributed by atoms with E-state index in [4.69, 9.17) is 34.8 Å². The summed E-state index contributed by atoms with van der Waals surface area (Å²) in [6, 6.07) is 17.3. The van der Waals surface area contributed by atoms with Crippen LogP contribution in [0.3, 0.4) is 0 Å². The smallest absolute Gasteiger partial charge is 0.258 e. The van der Waals surface area contributed by atoms with E-state index in [0.29, 0.717) is 65.5 Å². The first kappa shape index (κ1) is 24.4. The van der Waals surface area contributed by atoms with Gasteiger partial charge in [0, 0.05) is 64.7 Å². The van der Waals surface area contributed by atoms with Gasteiger partial charge in [-0.3, -0.25) is 4.79 Å². The molecule has 1 fully saturated rings. The van der Waals surface area contributed by atoms with Crippen LogP contribution in [-0.2, 0) is 16.4 Å². The van der Waals surface area contributed by atoms with Crippen LogP contribution in [0.1, 0.15) is 15.9 Å². The van der Waals surface area contributed by atoms with E-state index >= 15 is 0 Å². The van der Waals surface area contributed by atoms with Crippen LogP contribution in [0.2, 0.25) is 15.1 Å². The lowest BCUT2D eigenvalue weighted by Crippen LogP contribution is -2.48. The summed E-state index contributed by atoms with van der Waals surface area (Å²) in [5.74, 6) is -0.221. The Hall–Kier alpha value is -2.29. The number of benzene rings is 3. The van der Waals surface area contributed by atoms with Gasteiger partial charge in [-0.2, -0.15) is 4.31 Å². The molecule has 0 atom stereocenters. The highest BCUT2D eigenvalue weighted by Crippen LogP contribution is 2.33. The van der Waals surface area contributed by atoms with E-state index < -0.39 is 10.0 Å². The van der Waals surface area contributed by atoms with E-state index in [-0.39, 0.29) is 10.8 Å².